The predicted octanol–water partition coefficient (Wildman–Crippen LogP) is 3.84. The minimum absolute atomic E-state index is 0.270. The molecule has 1 aliphatic rings. The molecule has 4 nitrogen and oxygen atoms in total. The van der Waals surface area contributed by atoms with Gasteiger partial charge in [0.15, 0.2) is 9.84 Å². The molecule has 1 aliphatic carbocycles. The molecule has 0 spiro atoms. The quantitative estimate of drug-likeness (QED) is 0.876. The average Bonchev–Trinajstić information content (AvgIpc) is 3.16. The third-order valence-corrected chi connectivity index (χ3v) is 6.70. The van der Waals surface area contributed by atoms with Crippen LogP contribution in [0.2, 0.25) is 0 Å². The lowest BCUT2D eigenvalue weighted by Gasteiger charge is -2.18. The summed E-state index contributed by atoms with van der Waals surface area (Å²) in [6.45, 7) is 4.20. The predicted molar refractivity (Wildman–Crippen MR) is 98.3 cm³/mol. The highest BCUT2D eigenvalue weighted by molar-refractivity contribution is 7.90. The Morgan fingerprint density at radius 2 is 1.96 bits per heavy atom. The fourth-order valence-electron chi connectivity index (χ4n) is 3.44. The van der Waals surface area contributed by atoms with Crippen molar-refractivity contribution in [1.82, 2.24) is 10.3 Å². The maximum atomic E-state index is 11.6. The van der Waals surface area contributed by atoms with E-state index in [-0.39, 0.29) is 6.04 Å². The number of aromatic nitrogens is 1. The van der Waals surface area contributed by atoms with Crippen LogP contribution in [0.1, 0.15) is 54.4 Å². The van der Waals surface area contributed by atoms with Gasteiger partial charge in [0.25, 0.3) is 0 Å². The van der Waals surface area contributed by atoms with Crippen LogP contribution in [0.4, 0.5) is 0 Å². The second-order valence-corrected chi connectivity index (χ2v) is 9.81. The Morgan fingerprint density at radius 1 is 1.25 bits per heavy atom. The van der Waals surface area contributed by atoms with E-state index in [0.717, 1.165) is 30.0 Å². The molecule has 0 bridgehead atoms. The maximum absolute atomic E-state index is 11.6. The fourth-order valence-corrected chi connectivity index (χ4v) is 4.78. The van der Waals surface area contributed by atoms with E-state index in [1.165, 1.54) is 11.8 Å². The number of hydrogen-bond donors (Lipinski definition) is 1. The van der Waals surface area contributed by atoms with Crippen molar-refractivity contribution in [2.24, 2.45) is 0 Å². The molecule has 0 radical (unpaired) electrons. The van der Waals surface area contributed by atoms with E-state index in [9.17, 15) is 8.42 Å². The number of hydrogen-bond acceptors (Lipinski definition) is 5. The second-order valence-electron chi connectivity index (χ2n) is 6.73. The van der Waals surface area contributed by atoms with Crippen LogP contribution in [0.15, 0.2) is 34.5 Å². The molecule has 1 aromatic heterocycles. The van der Waals surface area contributed by atoms with Crippen molar-refractivity contribution in [2.75, 3.05) is 6.26 Å². The van der Waals surface area contributed by atoms with Gasteiger partial charge in [0, 0.05) is 23.7 Å². The van der Waals surface area contributed by atoms with Crippen LogP contribution in [-0.4, -0.2) is 25.7 Å². The Bertz CT molecular complexity index is 797. The molecule has 130 valence electrons. The third kappa shape index (κ3) is 4.05. The Labute approximate surface area is 148 Å². The number of aryl methyl sites for hydroxylation is 1. The molecule has 3 rings (SSSR count). The van der Waals surface area contributed by atoms with E-state index in [1.807, 2.05) is 19.1 Å². The first-order valence-corrected chi connectivity index (χ1v) is 11.1. The summed E-state index contributed by atoms with van der Waals surface area (Å²) in [5.41, 5.74) is 2.36. The first-order valence-electron chi connectivity index (χ1n) is 8.31. The first kappa shape index (κ1) is 17.6. The summed E-state index contributed by atoms with van der Waals surface area (Å²) < 4.78 is 23.1. The topological polar surface area (TPSA) is 59.1 Å². The molecule has 6 heteroatoms. The van der Waals surface area contributed by atoms with Crippen LogP contribution in [-0.2, 0) is 9.84 Å². The average molecular weight is 365 g/mol. The van der Waals surface area contributed by atoms with Crippen LogP contribution in [0.3, 0.4) is 0 Å². The van der Waals surface area contributed by atoms with Crippen LogP contribution in [0.25, 0.3) is 0 Å². The Balaban J connectivity index is 1.61. The third-order valence-electron chi connectivity index (χ3n) is 4.78. The fraction of sp³-hybridized carbons (Fsp3) is 0.500. The molecule has 1 N–H and O–H groups in total. The summed E-state index contributed by atoms with van der Waals surface area (Å²) in [5.74, 6) is 0.500. The van der Waals surface area contributed by atoms with Crippen molar-refractivity contribution >= 4 is 21.2 Å². The lowest BCUT2D eigenvalue weighted by molar-refractivity contribution is 0.452. The van der Waals surface area contributed by atoms with E-state index in [2.05, 4.69) is 22.6 Å². The molecule has 1 saturated carbocycles. The standard InChI is InChI=1S/C18H24N2O2S2/c1-12(18-11-23-13(2)20-18)19-16-7-4-15(10-16)14-5-8-17(9-6-14)24(3,21)22/h5-6,8-9,11-12,15-16,19H,4,7,10H2,1-3H3/t12-,15+,16?/m1/s1. The van der Waals surface area contributed by atoms with E-state index >= 15 is 0 Å². The molecule has 1 aromatic carbocycles. The molecule has 1 fully saturated rings. The van der Waals surface area contributed by atoms with Crippen LogP contribution in [0.5, 0.6) is 0 Å². The van der Waals surface area contributed by atoms with E-state index in [4.69, 9.17) is 0 Å². The normalized spacial score (nSPS) is 22.6. The number of benzene rings is 1. The van der Waals surface area contributed by atoms with Crippen molar-refractivity contribution in [3.05, 3.63) is 45.9 Å². The number of rotatable bonds is 5. The molecule has 0 aliphatic heterocycles. The largest absolute Gasteiger partial charge is 0.306 e. The van der Waals surface area contributed by atoms with Gasteiger partial charge >= 0.3 is 0 Å². The van der Waals surface area contributed by atoms with Crippen LogP contribution in [0, 0.1) is 6.92 Å². The van der Waals surface area contributed by atoms with E-state index in [0.29, 0.717) is 16.9 Å². The Morgan fingerprint density at radius 3 is 2.54 bits per heavy atom. The number of thiazole rings is 1. The van der Waals surface area contributed by atoms with Gasteiger partial charge in [-0.1, -0.05) is 12.1 Å². The lowest BCUT2D eigenvalue weighted by Crippen LogP contribution is -2.29. The molecule has 0 amide bonds. The zero-order valence-corrected chi connectivity index (χ0v) is 16.0. The van der Waals surface area contributed by atoms with Crippen molar-refractivity contribution in [1.29, 1.82) is 0 Å². The summed E-state index contributed by atoms with van der Waals surface area (Å²) in [7, 11) is -3.12. The zero-order chi connectivity index (χ0) is 17.3. The van der Waals surface area contributed by atoms with E-state index < -0.39 is 9.84 Å². The SMILES string of the molecule is Cc1nc([C@@H](C)NC2CC[C@H](c3ccc(S(C)(=O)=O)cc3)C2)cs1. The lowest BCUT2D eigenvalue weighted by atomic mass is 9.97. The summed E-state index contributed by atoms with van der Waals surface area (Å²) in [6.07, 6.45) is 4.62. The first-order chi connectivity index (χ1) is 11.3. The van der Waals surface area contributed by atoms with Gasteiger partial charge in [0.05, 0.1) is 15.6 Å². The molecule has 1 unspecified atom stereocenters. The zero-order valence-electron chi connectivity index (χ0n) is 14.3. The summed E-state index contributed by atoms with van der Waals surface area (Å²) >= 11 is 1.69. The van der Waals surface area contributed by atoms with Gasteiger partial charge in [-0.2, -0.15) is 0 Å². The second kappa shape index (κ2) is 6.94. The van der Waals surface area contributed by atoms with Gasteiger partial charge in [-0.05, 0) is 56.7 Å². The highest BCUT2D eigenvalue weighted by Gasteiger charge is 2.27. The highest BCUT2D eigenvalue weighted by Crippen LogP contribution is 2.35. The molecular formula is C18H24N2O2S2. The minimum atomic E-state index is -3.12. The van der Waals surface area contributed by atoms with Crippen molar-refractivity contribution in [2.45, 2.75) is 56.0 Å². The van der Waals surface area contributed by atoms with E-state index in [1.54, 1.807) is 23.5 Å². The smallest absolute Gasteiger partial charge is 0.175 e. The molecule has 24 heavy (non-hydrogen) atoms. The van der Waals surface area contributed by atoms with Gasteiger partial charge < -0.3 is 5.32 Å². The minimum Gasteiger partial charge on any atom is -0.306 e. The van der Waals surface area contributed by atoms with Crippen molar-refractivity contribution in [3.63, 3.8) is 0 Å². The molecular weight excluding hydrogens is 340 g/mol. The molecule has 1 heterocycles. The van der Waals surface area contributed by atoms with Crippen molar-refractivity contribution < 1.29 is 8.42 Å². The van der Waals surface area contributed by atoms with Gasteiger partial charge in [0.1, 0.15) is 0 Å². The molecule has 0 saturated heterocycles. The molecule has 3 atom stereocenters. The monoisotopic (exact) mass is 364 g/mol. The van der Waals surface area contributed by atoms with Crippen molar-refractivity contribution in [3.8, 4) is 0 Å². The summed E-state index contributed by atoms with van der Waals surface area (Å²) in [4.78, 5) is 4.96. The maximum Gasteiger partial charge on any atom is 0.175 e. The molecule has 2 aromatic rings. The van der Waals surface area contributed by atoms with Crippen LogP contribution >= 0.6 is 11.3 Å². The Kier molecular flexibility index (Phi) is 5.08. The Hall–Kier alpha value is -1.24. The van der Waals surface area contributed by atoms with Gasteiger partial charge in [-0.15, -0.1) is 11.3 Å². The van der Waals surface area contributed by atoms with Gasteiger partial charge in [-0.3, -0.25) is 0 Å². The highest BCUT2D eigenvalue weighted by atomic mass is 32.2. The summed E-state index contributed by atoms with van der Waals surface area (Å²) in [6, 6.07) is 8.15. The van der Waals surface area contributed by atoms with Gasteiger partial charge in [-0.25, -0.2) is 13.4 Å². The number of nitrogens with zero attached hydrogens (tertiary/aromatic N) is 1. The number of nitrogens with one attached hydrogen (secondary N) is 1. The number of sulfone groups is 1. The van der Waals surface area contributed by atoms with Gasteiger partial charge in [0.2, 0.25) is 0 Å². The van der Waals surface area contributed by atoms with Crippen LogP contribution < -0.4 is 5.32 Å². The summed E-state index contributed by atoms with van der Waals surface area (Å²) in [5, 5.41) is 6.93.